The molecule has 152 valence electrons. The van der Waals surface area contributed by atoms with Crippen LogP contribution in [-0.2, 0) is 26.2 Å². The molecule has 7 nitrogen and oxygen atoms in total. The number of phenols is 1. The standard InChI is InChI=1S/C22H24N2O5/c1-24-10-9-22-13-4-5-14(23-17(26)7-8-18(27)28-2)21(22)29-20-16(25)6-3-12(19(20)22)11-15(13)24/h3-8,13-15,21,25H,9-11H2,1-2H3,(H,23,26)/b8-7+/t13-,14+,15+,21-,22-/m0/s1. The highest BCUT2D eigenvalue weighted by Gasteiger charge is 2.64. The van der Waals surface area contributed by atoms with Gasteiger partial charge in [0.25, 0.3) is 0 Å². The van der Waals surface area contributed by atoms with E-state index < -0.39 is 5.97 Å². The number of phenolic OH excluding ortho intramolecular Hbond substituents is 1. The molecule has 2 heterocycles. The largest absolute Gasteiger partial charge is 0.504 e. The maximum atomic E-state index is 12.4. The van der Waals surface area contributed by atoms with Crippen molar-refractivity contribution in [1.29, 1.82) is 0 Å². The first-order valence-electron chi connectivity index (χ1n) is 9.93. The van der Waals surface area contributed by atoms with E-state index in [1.165, 1.54) is 18.7 Å². The van der Waals surface area contributed by atoms with E-state index in [0.717, 1.165) is 31.0 Å². The van der Waals surface area contributed by atoms with E-state index >= 15 is 0 Å². The van der Waals surface area contributed by atoms with Crippen LogP contribution in [0.15, 0.2) is 36.4 Å². The molecule has 0 unspecified atom stereocenters. The van der Waals surface area contributed by atoms with Gasteiger partial charge in [-0.2, -0.15) is 0 Å². The summed E-state index contributed by atoms with van der Waals surface area (Å²) in [5.74, 6) is 0.0140. The van der Waals surface area contributed by atoms with Crippen LogP contribution in [0.25, 0.3) is 0 Å². The number of nitrogens with one attached hydrogen (secondary N) is 1. The van der Waals surface area contributed by atoms with Gasteiger partial charge in [0.15, 0.2) is 11.5 Å². The van der Waals surface area contributed by atoms with Crippen LogP contribution in [0.5, 0.6) is 11.5 Å². The lowest BCUT2D eigenvalue weighted by Gasteiger charge is -2.57. The minimum absolute atomic E-state index is 0.152. The normalized spacial score (nSPS) is 33.9. The molecular weight excluding hydrogens is 372 g/mol. The number of esters is 1. The Hall–Kier alpha value is -2.80. The van der Waals surface area contributed by atoms with Crippen molar-refractivity contribution in [2.45, 2.75) is 36.4 Å². The Kier molecular flexibility index (Phi) is 4.00. The second-order valence-corrected chi connectivity index (χ2v) is 8.33. The van der Waals surface area contributed by atoms with Crippen LogP contribution < -0.4 is 10.1 Å². The summed E-state index contributed by atoms with van der Waals surface area (Å²) >= 11 is 0. The molecule has 29 heavy (non-hydrogen) atoms. The van der Waals surface area contributed by atoms with Gasteiger partial charge in [-0.3, -0.25) is 4.79 Å². The Morgan fingerprint density at radius 1 is 1.34 bits per heavy atom. The lowest BCUT2D eigenvalue weighted by atomic mass is 9.53. The van der Waals surface area contributed by atoms with Gasteiger partial charge in [-0.1, -0.05) is 18.2 Å². The molecule has 1 aromatic rings. The van der Waals surface area contributed by atoms with E-state index in [-0.39, 0.29) is 35.1 Å². The van der Waals surface area contributed by atoms with Gasteiger partial charge in [-0.15, -0.1) is 0 Å². The minimum Gasteiger partial charge on any atom is -0.504 e. The molecule has 0 saturated carbocycles. The van der Waals surface area contributed by atoms with Gasteiger partial charge in [0.1, 0.15) is 6.10 Å². The molecule has 1 fully saturated rings. The number of nitrogens with zero attached hydrogens (tertiary/aromatic N) is 1. The van der Waals surface area contributed by atoms with Crippen LogP contribution in [0.1, 0.15) is 17.5 Å². The number of amides is 1. The van der Waals surface area contributed by atoms with Gasteiger partial charge in [0.05, 0.1) is 13.2 Å². The number of hydrogen-bond acceptors (Lipinski definition) is 6. The van der Waals surface area contributed by atoms with E-state index in [1.807, 2.05) is 12.1 Å². The molecule has 1 aromatic carbocycles. The molecule has 4 aliphatic rings. The Bertz CT molecular complexity index is 955. The van der Waals surface area contributed by atoms with Gasteiger partial charge < -0.3 is 24.8 Å². The zero-order valence-electron chi connectivity index (χ0n) is 16.4. The third kappa shape index (κ3) is 2.46. The first-order valence-corrected chi connectivity index (χ1v) is 9.93. The van der Waals surface area contributed by atoms with Crippen LogP contribution in [0.2, 0.25) is 0 Å². The van der Waals surface area contributed by atoms with Crippen molar-refractivity contribution < 1.29 is 24.2 Å². The van der Waals surface area contributed by atoms with E-state index in [9.17, 15) is 14.7 Å². The highest BCUT2D eigenvalue weighted by Crippen LogP contribution is 2.62. The molecule has 0 radical (unpaired) electrons. The lowest BCUT2D eigenvalue weighted by Crippen LogP contribution is -2.66. The number of methoxy groups -OCH3 is 1. The fourth-order valence-electron chi connectivity index (χ4n) is 5.81. The molecule has 1 spiro atoms. The Morgan fingerprint density at radius 3 is 2.97 bits per heavy atom. The second kappa shape index (κ2) is 6.35. The van der Waals surface area contributed by atoms with Crippen molar-refractivity contribution in [1.82, 2.24) is 10.2 Å². The quantitative estimate of drug-likeness (QED) is 0.451. The third-order valence-corrected chi connectivity index (χ3v) is 7.06. The Morgan fingerprint density at radius 2 is 2.17 bits per heavy atom. The average Bonchev–Trinajstić information content (AvgIpc) is 3.07. The fourth-order valence-corrected chi connectivity index (χ4v) is 5.81. The average molecular weight is 396 g/mol. The highest BCUT2D eigenvalue weighted by molar-refractivity contribution is 5.94. The molecule has 7 heteroatoms. The molecule has 2 aliphatic heterocycles. The van der Waals surface area contributed by atoms with Gasteiger partial charge >= 0.3 is 5.97 Å². The number of carbonyl (C=O) groups is 2. The molecular formula is C22H24N2O5. The molecule has 2 bridgehead atoms. The Balaban J connectivity index is 1.54. The summed E-state index contributed by atoms with van der Waals surface area (Å²) in [4.78, 5) is 26.1. The van der Waals surface area contributed by atoms with Crippen molar-refractivity contribution in [2.75, 3.05) is 20.7 Å². The van der Waals surface area contributed by atoms with E-state index in [0.29, 0.717) is 11.8 Å². The van der Waals surface area contributed by atoms with E-state index in [2.05, 4.69) is 28.1 Å². The monoisotopic (exact) mass is 396 g/mol. The SMILES string of the molecule is COC(=O)/C=C/C(=O)N[C@@H]1C=C[C@H]2[C@H]3Cc4ccc(O)c5c4[C@@]2(CCN3C)[C@H]1O5. The second-order valence-electron chi connectivity index (χ2n) is 8.33. The van der Waals surface area contributed by atoms with Crippen LogP contribution >= 0.6 is 0 Å². The summed E-state index contributed by atoms with van der Waals surface area (Å²) in [7, 11) is 3.43. The smallest absolute Gasteiger partial charge is 0.330 e. The van der Waals surface area contributed by atoms with Crippen LogP contribution in [0.4, 0.5) is 0 Å². The number of likely N-dealkylation sites (N-methyl/N-ethyl adjacent to an activating group) is 1. The highest BCUT2D eigenvalue weighted by atomic mass is 16.5. The molecule has 2 N–H and O–H groups in total. The van der Waals surface area contributed by atoms with Gasteiger partial charge in [-0.25, -0.2) is 4.79 Å². The predicted molar refractivity (Wildman–Crippen MR) is 105 cm³/mol. The molecule has 0 aromatic heterocycles. The number of hydrogen-bond donors (Lipinski definition) is 2. The predicted octanol–water partition coefficient (Wildman–Crippen LogP) is 1.05. The topological polar surface area (TPSA) is 88.1 Å². The summed E-state index contributed by atoms with van der Waals surface area (Å²) in [6.07, 6.45) is 8.00. The molecule has 5 atom stereocenters. The summed E-state index contributed by atoms with van der Waals surface area (Å²) in [5, 5.41) is 13.5. The minimum atomic E-state index is -0.581. The third-order valence-electron chi connectivity index (χ3n) is 7.06. The van der Waals surface area contributed by atoms with Crippen molar-refractivity contribution in [3.63, 3.8) is 0 Å². The van der Waals surface area contributed by atoms with Crippen molar-refractivity contribution in [3.8, 4) is 11.5 Å². The van der Waals surface area contributed by atoms with Gasteiger partial charge in [0, 0.05) is 35.1 Å². The number of ether oxygens (including phenoxy) is 2. The van der Waals surface area contributed by atoms with E-state index in [4.69, 9.17) is 4.74 Å². The number of aromatic hydroxyl groups is 1. The maximum absolute atomic E-state index is 12.4. The zero-order chi connectivity index (χ0) is 20.3. The maximum Gasteiger partial charge on any atom is 0.330 e. The van der Waals surface area contributed by atoms with Crippen LogP contribution in [-0.4, -0.2) is 60.8 Å². The number of likely N-dealkylation sites (tertiary alicyclic amines) is 1. The van der Waals surface area contributed by atoms with Crippen molar-refractivity contribution in [2.24, 2.45) is 5.92 Å². The first kappa shape index (κ1) is 18.2. The molecule has 5 rings (SSSR count). The summed E-state index contributed by atoms with van der Waals surface area (Å²) in [6.45, 7) is 0.937. The van der Waals surface area contributed by atoms with Crippen LogP contribution in [0.3, 0.4) is 0 Å². The number of piperidine rings is 1. The van der Waals surface area contributed by atoms with E-state index in [1.54, 1.807) is 6.07 Å². The van der Waals surface area contributed by atoms with Crippen LogP contribution in [0, 0.1) is 5.92 Å². The Labute approximate surface area is 169 Å². The summed E-state index contributed by atoms with van der Waals surface area (Å²) in [6, 6.07) is 3.72. The zero-order valence-corrected chi connectivity index (χ0v) is 16.4. The number of carbonyl (C=O) groups excluding carboxylic acids is 2. The first-order chi connectivity index (χ1) is 14.0. The van der Waals surface area contributed by atoms with Crippen molar-refractivity contribution in [3.05, 3.63) is 47.6 Å². The van der Waals surface area contributed by atoms with Gasteiger partial charge in [0.2, 0.25) is 5.91 Å². The molecule has 1 saturated heterocycles. The summed E-state index contributed by atoms with van der Waals surface area (Å²) in [5.41, 5.74) is 2.07. The van der Waals surface area contributed by atoms with Crippen molar-refractivity contribution >= 4 is 11.9 Å². The fraction of sp³-hybridized carbons (Fsp3) is 0.455. The van der Waals surface area contributed by atoms with Gasteiger partial charge in [-0.05, 0) is 38.1 Å². The summed E-state index contributed by atoms with van der Waals surface area (Å²) < 4.78 is 10.9. The number of rotatable bonds is 3. The number of benzene rings is 1. The molecule has 2 aliphatic carbocycles. The molecule has 1 amide bonds. The lowest BCUT2D eigenvalue weighted by molar-refractivity contribution is -0.135.